The van der Waals surface area contributed by atoms with E-state index in [1.807, 2.05) is 0 Å². The molecular weight excluding hydrogens is 264 g/mol. The quantitative estimate of drug-likeness (QED) is 0.895. The van der Waals surface area contributed by atoms with Gasteiger partial charge in [0, 0.05) is 13.1 Å². The van der Waals surface area contributed by atoms with E-state index >= 15 is 0 Å². The molecule has 1 fully saturated rings. The summed E-state index contributed by atoms with van der Waals surface area (Å²) in [6, 6.07) is 6.43. The van der Waals surface area contributed by atoms with Crippen LogP contribution in [0.3, 0.4) is 0 Å². The van der Waals surface area contributed by atoms with Gasteiger partial charge in [0.15, 0.2) is 0 Å². The zero-order valence-electron chi connectivity index (χ0n) is 12.6. The molecule has 0 unspecified atom stereocenters. The Bertz CT molecular complexity index is 530. The number of nitrogens with zero attached hydrogens (tertiary/aromatic N) is 1. The van der Waals surface area contributed by atoms with Gasteiger partial charge in [0.25, 0.3) is 0 Å². The first-order chi connectivity index (χ1) is 10.2. The van der Waals surface area contributed by atoms with E-state index < -0.39 is 0 Å². The molecule has 1 heterocycles. The Balaban J connectivity index is 1.58. The summed E-state index contributed by atoms with van der Waals surface area (Å²) < 4.78 is 0. The molecule has 4 heteroatoms. The third-order valence-corrected chi connectivity index (χ3v) is 4.94. The number of carbonyl (C=O) groups excluding carboxylic acids is 1. The van der Waals surface area contributed by atoms with E-state index in [9.17, 15) is 9.90 Å². The number of hydrogen-bond acceptors (Lipinski definition) is 2. The lowest BCUT2D eigenvalue weighted by Gasteiger charge is -2.25. The standard InChI is InChI=1S/C17H24N2O2/c1-12-7-8-19(16(12)11-20)17(21)18-10-13-5-6-14-3-2-4-15(14)9-13/h5-6,9,12,16,20H,2-4,7-8,10-11H2,1H3,(H,18,21)/t12-,16+/m0/s1. The van der Waals surface area contributed by atoms with Crippen molar-refractivity contribution in [2.24, 2.45) is 5.92 Å². The lowest BCUT2D eigenvalue weighted by molar-refractivity contribution is 0.143. The summed E-state index contributed by atoms with van der Waals surface area (Å²) in [6.07, 6.45) is 4.56. The van der Waals surface area contributed by atoms with E-state index in [2.05, 4.69) is 30.4 Å². The van der Waals surface area contributed by atoms with Gasteiger partial charge in [-0.15, -0.1) is 0 Å². The minimum absolute atomic E-state index is 0.0370. The molecule has 3 rings (SSSR count). The Morgan fingerprint density at radius 3 is 3.00 bits per heavy atom. The van der Waals surface area contributed by atoms with Crippen molar-refractivity contribution in [1.29, 1.82) is 0 Å². The Kier molecular flexibility index (Phi) is 4.15. The summed E-state index contributed by atoms with van der Waals surface area (Å²) in [5.74, 6) is 0.376. The molecule has 1 aliphatic carbocycles. The normalized spacial score (nSPS) is 24.2. The largest absolute Gasteiger partial charge is 0.394 e. The molecule has 0 saturated carbocycles. The van der Waals surface area contributed by atoms with Crippen LogP contribution in [0.25, 0.3) is 0 Å². The maximum atomic E-state index is 12.3. The Morgan fingerprint density at radius 1 is 1.38 bits per heavy atom. The number of hydrogen-bond donors (Lipinski definition) is 2. The van der Waals surface area contributed by atoms with Crippen molar-refractivity contribution in [3.8, 4) is 0 Å². The molecule has 2 amide bonds. The van der Waals surface area contributed by atoms with E-state index in [1.165, 1.54) is 24.0 Å². The average molecular weight is 288 g/mol. The van der Waals surface area contributed by atoms with Crippen LogP contribution in [0.15, 0.2) is 18.2 Å². The van der Waals surface area contributed by atoms with Crippen molar-refractivity contribution < 1.29 is 9.90 Å². The Hall–Kier alpha value is -1.55. The lowest BCUT2D eigenvalue weighted by atomic mass is 10.0. The van der Waals surface area contributed by atoms with Crippen LogP contribution < -0.4 is 5.32 Å². The lowest BCUT2D eigenvalue weighted by Crippen LogP contribution is -2.45. The monoisotopic (exact) mass is 288 g/mol. The number of rotatable bonds is 3. The molecule has 1 aliphatic heterocycles. The minimum Gasteiger partial charge on any atom is -0.394 e. The first kappa shape index (κ1) is 14.4. The second-order valence-corrected chi connectivity index (χ2v) is 6.32. The summed E-state index contributed by atoms with van der Waals surface area (Å²) in [5.41, 5.74) is 4.06. The molecule has 1 aromatic carbocycles. The number of amides is 2. The third-order valence-electron chi connectivity index (χ3n) is 4.94. The number of urea groups is 1. The highest BCUT2D eigenvalue weighted by molar-refractivity contribution is 5.75. The molecule has 1 aromatic rings. The van der Waals surface area contributed by atoms with Gasteiger partial charge in [-0.1, -0.05) is 25.1 Å². The van der Waals surface area contributed by atoms with E-state index in [-0.39, 0.29) is 18.7 Å². The highest BCUT2D eigenvalue weighted by atomic mass is 16.3. The molecule has 0 spiro atoms. The van der Waals surface area contributed by atoms with Gasteiger partial charge in [-0.25, -0.2) is 4.79 Å². The molecule has 2 N–H and O–H groups in total. The first-order valence-electron chi connectivity index (χ1n) is 7.95. The van der Waals surface area contributed by atoms with Crippen molar-refractivity contribution >= 4 is 6.03 Å². The summed E-state index contributed by atoms with van der Waals surface area (Å²) in [5, 5.41) is 12.4. The molecule has 114 valence electrons. The molecule has 2 aliphatic rings. The molecule has 0 bridgehead atoms. The smallest absolute Gasteiger partial charge is 0.318 e. The maximum Gasteiger partial charge on any atom is 0.318 e. The Morgan fingerprint density at radius 2 is 2.19 bits per heavy atom. The number of aryl methyl sites for hydroxylation is 2. The van der Waals surface area contributed by atoms with Crippen LogP contribution in [-0.2, 0) is 19.4 Å². The summed E-state index contributed by atoms with van der Waals surface area (Å²) in [6.45, 7) is 3.44. The first-order valence-corrected chi connectivity index (χ1v) is 7.95. The van der Waals surface area contributed by atoms with Crippen molar-refractivity contribution in [3.05, 3.63) is 34.9 Å². The van der Waals surface area contributed by atoms with Crippen LogP contribution in [0.2, 0.25) is 0 Å². The number of aliphatic hydroxyl groups excluding tert-OH is 1. The van der Waals surface area contributed by atoms with E-state index in [4.69, 9.17) is 0 Å². The van der Waals surface area contributed by atoms with Gasteiger partial charge in [-0.05, 0) is 48.3 Å². The van der Waals surface area contributed by atoms with Crippen molar-refractivity contribution in [2.75, 3.05) is 13.2 Å². The van der Waals surface area contributed by atoms with Crippen LogP contribution in [0.4, 0.5) is 4.79 Å². The molecule has 0 radical (unpaired) electrons. The molecule has 1 saturated heterocycles. The molecule has 4 nitrogen and oxygen atoms in total. The fraction of sp³-hybridized carbons (Fsp3) is 0.588. The summed E-state index contributed by atoms with van der Waals surface area (Å²) >= 11 is 0. The molecule has 21 heavy (non-hydrogen) atoms. The highest BCUT2D eigenvalue weighted by Crippen LogP contribution is 2.24. The number of fused-ring (bicyclic) bond motifs is 1. The van der Waals surface area contributed by atoms with Gasteiger partial charge in [0.1, 0.15) is 0 Å². The van der Waals surface area contributed by atoms with Gasteiger partial charge in [-0.3, -0.25) is 0 Å². The van der Waals surface area contributed by atoms with Gasteiger partial charge < -0.3 is 15.3 Å². The van der Waals surface area contributed by atoms with E-state index in [0.717, 1.165) is 24.9 Å². The summed E-state index contributed by atoms with van der Waals surface area (Å²) in [7, 11) is 0. The van der Waals surface area contributed by atoms with Crippen LogP contribution in [0.5, 0.6) is 0 Å². The molecule has 2 atom stereocenters. The predicted molar refractivity (Wildman–Crippen MR) is 82.1 cm³/mol. The van der Waals surface area contributed by atoms with Crippen LogP contribution in [-0.4, -0.2) is 35.2 Å². The SMILES string of the molecule is C[C@H]1CCN(C(=O)NCc2ccc3c(c2)CCC3)[C@@H]1CO. The third kappa shape index (κ3) is 2.91. The topological polar surface area (TPSA) is 52.6 Å². The van der Waals surface area contributed by atoms with Gasteiger partial charge >= 0.3 is 6.03 Å². The van der Waals surface area contributed by atoms with Gasteiger partial charge in [0.2, 0.25) is 0 Å². The van der Waals surface area contributed by atoms with Crippen LogP contribution >= 0.6 is 0 Å². The average Bonchev–Trinajstić information content (AvgIpc) is 3.10. The number of carbonyl (C=O) groups is 1. The highest BCUT2D eigenvalue weighted by Gasteiger charge is 2.33. The predicted octanol–water partition coefficient (Wildman–Crippen LogP) is 2.09. The van der Waals surface area contributed by atoms with E-state index in [0.29, 0.717) is 12.5 Å². The number of benzene rings is 1. The van der Waals surface area contributed by atoms with Crippen LogP contribution in [0, 0.1) is 5.92 Å². The van der Waals surface area contributed by atoms with Gasteiger partial charge in [-0.2, -0.15) is 0 Å². The van der Waals surface area contributed by atoms with Crippen molar-refractivity contribution in [1.82, 2.24) is 10.2 Å². The fourth-order valence-corrected chi connectivity index (χ4v) is 3.55. The number of nitrogens with one attached hydrogen (secondary N) is 1. The van der Waals surface area contributed by atoms with Crippen molar-refractivity contribution in [2.45, 2.75) is 45.2 Å². The molecular formula is C17H24N2O2. The number of likely N-dealkylation sites (tertiary alicyclic amines) is 1. The summed E-state index contributed by atoms with van der Waals surface area (Å²) in [4.78, 5) is 14.0. The second kappa shape index (κ2) is 6.06. The fourth-order valence-electron chi connectivity index (χ4n) is 3.55. The minimum atomic E-state index is -0.0566. The van der Waals surface area contributed by atoms with Crippen LogP contribution in [0.1, 0.15) is 36.5 Å². The van der Waals surface area contributed by atoms with E-state index in [1.54, 1.807) is 4.90 Å². The maximum absolute atomic E-state index is 12.3. The zero-order valence-corrected chi connectivity index (χ0v) is 12.6. The second-order valence-electron chi connectivity index (χ2n) is 6.32. The van der Waals surface area contributed by atoms with Gasteiger partial charge in [0.05, 0.1) is 12.6 Å². The zero-order chi connectivity index (χ0) is 14.8. The Labute approximate surface area is 126 Å². The molecule has 0 aromatic heterocycles. The van der Waals surface area contributed by atoms with Crippen molar-refractivity contribution in [3.63, 3.8) is 0 Å². The number of aliphatic hydroxyl groups is 1.